The Morgan fingerprint density at radius 2 is 2.19 bits per heavy atom. The molecule has 1 aliphatic heterocycles. The lowest BCUT2D eigenvalue weighted by atomic mass is 9.99. The number of amides is 1. The molecule has 1 unspecified atom stereocenters. The van der Waals surface area contributed by atoms with E-state index in [0.717, 1.165) is 32.2 Å². The van der Waals surface area contributed by atoms with Gasteiger partial charge in [-0.1, -0.05) is 18.5 Å². The molecule has 0 spiro atoms. The van der Waals surface area contributed by atoms with E-state index in [0.29, 0.717) is 17.3 Å². The summed E-state index contributed by atoms with van der Waals surface area (Å²) in [5.74, 6) is -0.969. The summed E-state index contributed by atoms with van der Waals surface area (Å²) in [6.45, 7) is 3.38. The highest BCUT2D eigenvalue weighted by Gasteiger charge is 2.30. The number of carbonyl (C=O) groups is 2. The van der Waals surface area contributed by atoms with Crippen molar-refractivity contribution in [2.75, 3.05) is 6.54 Å². The molecule has 6 heteroatoms. The van der Waals surface area contributed by atoms with Gasteiger partial charge < -0.3 is 14.6 Å². The van der Waals surface area contributed by atoms with Crippen LogP contribution in [-0.4, -0.2) is 39.0 Å². The molecule has 0 aliphatic carbocycles. The minimum atomic E-state index is -0.860. The molecule has 0 radical (unpaired) electrons. The van der Waals surface area contributed by atoms with E-state index in [1.54, 1.807) is 17.2 Å². The van der Waals surface area contributed by atoms with Gasteiger partial charge in [0.1, 0.15) is 5.69 Å². The number of halogens is 1. The summed E-state index contributed by atoms with van der Waals surface area (Å²) in [5, 5.41) is 9.55. The first-order chi connectivity index (χ1) is 10.0. The lowest BCUT2D eigenvalue weighted by Gasteiger charge is -2.35. The molecule has 0 bridgehead atoms. The van der Waals surface area contributed by atoms with E-state index in [-0.39, 0.29) is 18.4 Å². The van der Waals surface area contributed by atoms with E-state index < -0.39 is 5.97 Å². The van der Waals surface area contributed by atoms with E-state index in [4.69, 9.17) is 16.7 Å². The van der Waals surface area contributed by atoms with Gasteiger partial charge >= 0.3 is 5.97 Å². The summed E-state index contributed by atoms with van der Waals surface area (Å²) in [6, 6.07) is 1.46. The normalized spacial score (nSPS) is 18.8. The van der Waals surface area contributed by atoms with Crippen LogP contribution < -0.4 is 0 Å². The molecule has 0 saturated carbocycles. The van der Waals surface area contributed by atoms with Gasteiger partial charge in [-0.3, -0.25) is 9.59 Å². The number of piperidine rings is 1. The van der Waals surface area contributed by atoms with E-state index in [1.807, 2.05) is 11.5 Å². The molecular weight excluding hydrogens is 292 g/mol. The Hall–Kier alpha value is -1.49. The minimum absolute atomic E-state index is 0.00790. The topological polar surface area (TPSA) is 62.5 Å². The SMILES string of the molecule is CCCn1cc(Cl)cc1C(=O)N1CCCCC1CC(=O)O. The first kappa shape index (κ1) is 15.9. The highest BCUT2D eigenvalue weighted by atomic mass is 35.5. The second-order valence-corrected chi connectivity index (χ2v) is 5.92. The summed E-state index contributed by atoms with van der Waals surface area (Å²) in [4.78, 5) is 25.4. The summed E-state index contributed by atoms with van der Waals surface area (Å²) in [5.41, 5.74) is 0.555. The van der Waals surface area contributed by atoms with Crippen molar-refractivity contribution < 1.29 is 14.7 Å². The molecule has 116 valence electrons. The van der Waals surface area contributed by atoms with Crippen molar-refractivity contribution in [3.05, 3.63) is 23.0 Å². The molecule has 1 aliphatic rings. The summed E-state index contributed by atoms with van der Waals surface area (Å²) in [7, 11) is 0. The standard InChI is InChI=1S/C15H21ClN2O3/c1-2-6-17-10-11(16)8-13(17)15(21)18-7-4-3-5-12(18)9-14(19)20/h8,10,12H,2-7,9H2,1H3,(H,19,20). The lowest BCUT2D eigenvalue weighted by Crippen LogP contribution is -2.45. The maximum atomic E-state index is 12.8. The van der Waals surface area contributed by atoms with Crippen LogP contribution in [-0.2, 0) is 11.3 Å². The van der Waals surface area contributed by atoms with E-state index in [9.17, 15) is 9.59 Å². The van der Waals surface area contributed by atoms with Gasteiger partial charge in [-0.2, -0.15) is 0 Å². The second-order valence-electron chi connectivity index (χ2n) is 5.48. The zero-order valence-corrected chi connectivity index (χ0v) is 13.0. The Bertz CT molecular complexity index is 527. The quantitative estimate of drug-likeness (QED) is 0.909. The van der Waals surface area contributed by atoms with Crippen LogP contribution in [0, 0.1) is 0 Å². The lowest BCUT2D eigenvalue weighted by molar-refractivity contribution is -0.138. The highest BCUT2D eigenvalue weighted by molar-refractivity contribution is 6.31. The number of aromatic nitrogens is 1. The molecule has 21 heavy (non-hydrogen) atoms. The zero-order valence-electron chi connectivity index (χ0n) is 12.2. The number of aliphatic carboxylic acids is 1. The van der Waals surface area contributed by atoms with Crippen molar-refractivity contribution in [1.82, 2.24) is 9.47 Å². The van der Waals surface area contributed by atoms with Crippen molar-refractivity contribution >= 4 is 23.5 Å². The number of aryl methyl sites for hydroxylation is 1. The number of rotatable bonds is 5. The Morgan fingerprint density at radius 3 is 2.86 bits per heavy atom. The summed E-state index contributed by atoms with van der Waals surface area (Å²) in [6.07, 6.45) is 5.31. The fraction of sp³-hybridized carbons (Fsp3) is 0.600. The number of carboxylic acids is 1. The maximum Gasteiger partial charge on any atom is 0.305 e. The zero-order chi connectivity index (χ0) is 15.4. The van der Waals surface area contributed by atoms with Gasteiger partial charge in [-0.25, -0.2) is 0 Å². The molecule has 2 rings (SSSR count). The molecular formula is C15H21ClN2O3. The molecule has 1 aromatic heterocycles. The minimum Gasteiger partial charge on any atom is -0.481 e. The largest absolute Gasteiger partial charge is 0.481 e. The Labute approximate surface area is 129 Å². The number of nitrogens with zero attached hydrogens (tertiary/aromatic N) is 2. The number of carboxylic acid groups (broad SMARTS) is 1. The Kier molecular flexibility index (Phi) is 5.28. The van der Waals surface area contributed by atoms with Crippen molar-refractivity contribution in [3.8, 4) is 0 Å². The van der Waals surface area contributed by atoms with Crippen LogP contribution in [0.25, 0.3) is 0 Å². The van der Waals surface area contributed by atoms with Crippen molar-refractivity contribution in [3.63, 3.8) is 0 Å². The molecule has 5 nitrogen and oxygen atoms in total. The molecule has 0 aromatic carbocycles. The third kappa shape index (κ3) is 3.79. The third-order valence-corrected chi connectivity index (χ3v) is 4.05. The maximum absolute atomic E-state index is 12.8. The third-order valence-electron chi connectivity index (χ3n) is 3.85. The van der Waals surface area contributed by atoms with Gasteiger partial charge in [0.2, 0.25) is 0 Å². The highest BCUT2D eigenvalue weighted by Crippen LogP contribution is 2.24. The first-order valence-electron chi connectivity index (χ1n) is 7.41. The van der Waals surface area contributed by atoms with Gasteiger partial charge in [-0.15, -0.1) is 0 Å². The van der Waals surface area contributed by atoms with Crippen molar-refractivity contribution in [2.45, 2.75) is 51.6 Å². The van der Waals surface area contributed by atoms with Gasteiger partial charge in [-0.05, 0) is 31.7 Å². The van der Waals surface area contributed by atoms with Crippen LogP contribution in [0.4, 0.5) is 0 Å². The molecule has 1 saturated heterocycles. The van der Waals surface area contributed by atoms with Crippen LogP contribution in [0.1, 0.15) is 49.5 Å². The molecule has 1 fully saturated rings. The van der Waals surface area contributed by atoms with Crippen LogP contribution in [0.5, 0.6) is 0 Å². The molecule has 1 amide bonds. The van der Waals surface area contributed by atoms with E-state index in [1.165, 1.54) is 0 Å². The number of likely N-dealkylation sites (tertiary alicyclic amines) is 1. The molecule has 2 heterocycles. The van der Waals surface area contributed by atoms with Crippen LogP contribution in [0.3, 0.4) is 0 Å². The van der Waals surface area contributed by atoms with Crippen molar-refractivity contribution in [1.29, 1.82) is 0 Å². The van der Waals surface area contributed by atoms with Crippen LogP contribution >= 0.6 is 11.6 Å². The van der Waals surface area contributed by atoms with Crippen molar-refractivity contribution in [2.24, 2.45) is 0 Å². The number of hydrogen-bond acceptors (Lipinski definition) is 2. The predicted octanol–water partition coefficient (Wildman–Crippen LogP) is 3.02. The fourth-order valence-corrected chi connectivity index (χ4v) is 3.13. The van der Waals surface area contributed by atoms with Crippen LogP contribution in [0.2, 0.25) is 5.02 Å². The average molecular weight is 313 g/mol. The first-order valence-corrected chi connectivity index (χ1v) is 7.79. The van der Waals surface area contributed by atoms with Gasteiger partial charge in [0.25, 0.3) is 5.91 Å². The molecule has 1 aromatic rings. The van der Waals surface area contributed by atoms with Gasteiger partial charge in [0, 0.05) is 25.3 Å². The van der Waals surface area contributed by atoms with E-state index in [2.05, 4.69) is 0 Å². The smallest absolute Gasteiger partial charge is 0.305 e. The number of hydrogen-bond donors (Lipinski definition) is 1. The predicted molar refractivity (Wildman–Crippen MR) is 80.7 cm³/mol. The van der Waals surface area contributed by atoms with E-state index >= 15 is 0 Å². The molecule has 1 N–H and O–H groups in total. The Balaban J connectivity index is 2.22. The van der Waals surface area contributed by atoms with Crippen LogP contribution in [0.15, 0.2) is 12.3 Å². The van der Waals surface area contributed by atoms with Gasteiger partial charge in [0.15, 0.2) is 0 Å². The Morgan fingerprint density at radius 1 is 1.43 bits per heavy atom. The fourth-order valence-electron chi connectivity index (χ4n) is 2.91. The monoisotopic (exact) mass is 312 g/mol. The molecule has 1 atom stereocenters. The number of carbonyl (C=O) groups excluding carboxylic acids is 1. The second kappa shape index (κ2) is 6.98. The van der Waals surface area contributed by atoms with Gasteiger partial charge in [0.05, 0.1) is 11.4 Å². The summed E-state index contributed by atoms with van der Waals surface area (Å²) < 4.78 is 1.86. The average Bonchev–Trinajstić information content (AvgIpc) is 2.79. The summed E-state index contributed by atoms with van der Waals surface area (Å²) >= 11 is 6.02.